The molecule has 6 rings (SSSR count). The minimum Gasteiger partial charge on any atom is -0.348 e. The van der Waals surface area contributed by atoms with E-state index >= 15 is 0 Å². The number of carbonyl (C=O) groups excluding carboxylic acids is 2. The molecule has 0 saturated carbocycles. The van der Waals surface area contributed by atoms with E-state index in [1.165, 1.54) is 23.9 Å². The number of Topliss-reactive ketones (excluding diaryl/α,β-unsaturated/α-hetero) is 1. The number of piperidine rings is 1. The van der Waals surface area contributed by atoms with Crippen LogP contribution in [0.1, 0.15) is 77.3 Å². The molecular weight excluding hydrogens is 542 g/mol. The van der Waals surface area contributed by atoms with Gasteiger partial charge < -0.3 is 9.88 Å². The molecule has 2 aliphatic rings. The van der Waals surface area contributed by atoms with Gasteiger partial charge in [0.05, 0.1) is 11.1 Å². The van der Waals surface area contributed by atoms with Crippen LogP contribution in [0.5, 0.6) is 0 Å². The van der Waals surface area contributed by atoms with Crippen LogP contribution in [-0.2, 0) is 19.5 Å². The van der Waals surface area contributed by atoms with Crippen LogP contribution in [-0.4, -0.2) is 39.8 Å². The Labute approximate surface area is 253 Å². The van der Waals surface area contributed by atoms with Crippen molar-refractivity contribution in [3.8, 4) is 0 Å². The van der Waals surface area contributed by atoms with Crippen LogP contribution in [0.3, 0.4) is 0 Å². The highest BCUT2D eigenvalue weighted by atomic mass is 35.5. The van der Waals surface area contributed by atoms with Crippen LogP contribution in [0.25, 0.3) is 10.9 Å². The zero-order valence-corrected chi connectivity index (χ0v) is 25.2. The van der Waals surface area contributed by atoms with Crippen molar-refractivity contribution in [3.63, 3.8) is 0 Å². The number of carbonyl (C=O) groups is 2. The number of aryl methyl sites for hydroxylation is 2. The Hall–Kier alpha value is -3.41. The molecule has 218 valence electrons. The minimum absolute atomic E-state index is 0.0240. The highest BCUT2D eigenvalue weighted by Gasteiger charge is 2.40. The maximum Gasteiger partial charge on any atom is 0.253 e. The number of nitrogens with one attached hydrogen (secondary N) is 1. The molecule has 3 atom stereocenters. The Kier molecular flexibility index (Phi) is 8.78. The number of para-hydroxylation sites is 1. The minimum atomic E-state index is -0.0240. The first-order valence-corrected chi connectivity index (χ1v) is 15.8. The number of benzene rings is 3. The summed E-state index contributed by atoms with van der Waals surface area (Å²) in [5, 5.41) is 4.83. The number of halogens is 1. The van der Waals surface area contributed by atoms with Crippen LogP contribution in [0.2, 0.25) is 5.02 Å². The fourth-order valence-electron chi connectivity index (χ4n) is 7.31. The number of fused-ring (bicyclic) bond motifs is 3. The largest absolute Gasteiger partial charge is 0.348 e. The van der Waals surface area contributed by atoms with Crippen molar-refractivity contribution < 1.29 is 9.59 Å². The molecule has 4 aromatic rings. The van der Waals surface area contributed by atoms with Gasteiger partial charge in [-0.25, -0.2) is 0 Å². The highest BCUT2D eigenvalue weighted by molar-refractivity contribution is 6.30. The monoisotopic (exact) mass is 581 g/mol. The Morgan fingerprint density at radius 2 is 1.64 bits per heavy atom. The zero-order valence-electron chi connectivity index (χ0n) is 24.4. The van der Waals surface area contributed by atoms with Gasteiger partial charge in [0.2, 0.25) is 0 Å². The van der Waals surface area contributed by atoms with Gasteiger partial charge in [-0.1, -0.05) is 67.1 Å². The lowest BCUT2D eigenvalue weighted by atomic mass is 9.85. The molecule has 2 aliphatic heterocycles. The Balaban J connectivity index is 1.09. The topological polar surface area (TPSA) is 54.3 Å². The third-order valence-electron chi connectivity index (χ3n) is 9.34. The standard InChI is InChI=1S/C36H40ClN3O2/c1-2-27-10-6-11-32-33(36(42)38-23-25-8-4-3-5-9-25)24-39(35(27)32)18-7-19-40-30-16-17-31(40)21-26(20-30)22-34(41)28-12-14-29(37)15-13-28/h3-6,8-15,24,26,30-31H,2,7,16-23H2,1H3,(H,38,42)/t26-,30+,31-. The quantitative estimate of drug-likeness (QED) is 0.185. The normalized spacial score (nSPS) is 20.2. The molecular formula is C36H40ClN3O2. The second kappa shape index (κ2) is 12.8. The Bertz CT molecular complexity index is 1530. The fraction of sp³-hybridized carbons (Fsp3) is 0.389. The molecule has 2 fully saturated rings. The van der Waals surface area contributed by atoms with E-state index in [0.717, 1.165) is 60.8 Å². The summed E-state index contributed by atoms with van der Waals surface area (Å²) in [4.78, 5) is 28.9. The molecule has 3 aromatic carbocycles. The third kappa shape index (κ3) is 6.18. The van der Waals surface area contributed by atoms with Crippen LogP contribution in [0, 0.1) is 5.92 Å². The van der Waals surface area contributed by atoms with E-state index in [4.69, 9.17) is 11.6 Å². The predicted octanol–water partition coefficient (Wildman–Crippen LogP) is 7.69. The molecule has 1 amide bonds. The molecule has 0 unspecified atom stereocenters. The second-order valence-electron chi connectivity index (χ2n) is 12.0. The number of hydrogen-bond acceptors (Lipinski definition) is 3. The number of nitrogens with zero attached hydrogens (tertiary/aromatic N) is 2. The summed E-state index contributed by atoms with van der Waals surface area (Å²) in [5.41, 5.74) is 5.08. The summed E-state index contributed by atoms with van der Waals surface area (Å²) in [6.07, 6.45) is 9.33. The van der Waals surface area contributed by atoms with Crippen molar-refractivity contribution in [1.29, 1.82) is 0 Å². The van der Waals surface area contributed by atoms with Crippen LogP contribution >= 0.6 is 11.6 Å². The van der Waals surface area contributed by atoms with Gasteiger partial charge in [-0.3, -0.25) is 14.5 Å². The number of hydrogen-bond donors (Lipinski definition) is 1. The second-order valence-corrected chi connectivity index (χ2v) is 12.5. The van der Waals surface area contributed by atoms with Gasteiger partial charge in [-0.05, 0) is 79.8 Å². The van der Waals surface area contributed by atoms with Gasteiger partial charge in [-0.15, -0.1) is 0 Å². The summed E-state index contributed by atoms with van der Waals surface area (Å²) in [5.74, 6) is 0.669. The summed E-state index contributed by atoms with van der Waals surface area (Å²) in [6, 6.07) is 24.8. The molecule has 2 bridgehead atoms. The van der Waals surface area contributed by atoms with Gasteiger partial charge in [0.15, 0.2) is 5.78 Å². The first-order chi connectivity index (χ1) is 20.5. The Morgan fingerprint density at radius 1 is 0.905 bits per heavy atom. The van der Waals surface area contributed by atoms with Crippen molar-refractivity contribution in [2.24, 2.45) is 5.92 Å². The molecule has 0 spiro atoms. The van der Waals surface area contributed by atoms with Crippen molar-refractivity contribution in [1.82, 2.24) is 14.8 Å². The van der Waals surface area contributed by atoms with Crippen molar-refractivity contribution in [3.05, 3.63) is 106 Å². The summed E-state index contributed by atoms with van der Waals surface area (Å²) in [6.45, 7) is 4.63. The van der Waals surface area contributed by atoms with Gasteiger partial charge in [0.25, 0.3) is 5.91 Å². The van der Waals surface area contributed by atoms with Crippen molar-refractivity contribution in [2.75, 3.05) is 6.54 Å². The average molecular weight is 582 g/mol. The van der Waals surface area contributed by atoms with Gasteiger partial charge >= 0.3 is 0 Å². The molecule has 1 N–H and O–H groups in total. The lowest BCUT2D eigenvalue weighted by Crippen LogP contribution is -2.43. The smallest absolute Gasteiger partial charge is 0.253 e. The molecule has 5 nitrogen and oxygen atoms in total. The number of rotatable bonds is 11. The molecule has 0 radical (unpaired) electrons. The number of amides is 1. The van der Waals surface area contributed by atoms with E-state index in [1.54, 1.807) is 12.1 Å². The summed E-state index contributed by atoms with van der Waals surface area (Å²) < 4.78 is 2.31. The van der Waals surface area contributed by atoms with Crippen molar-refractivity contribution in [2.45, 2.75) is 77.0 Å². The third-order valence-corrected chi connectivity index (χ3v) is 9.59. The van der Waals surface area contributed by atoms with E-state index in [9.17, 15) is 9.59 Å². The molecule has 0 aliphatic carbocycles. The lowest BCUT2D eigenvalue weighted by Gasteiger charge is -2.39. The molecule has 3 heterocycles. The van der Waals surface area contributed by atoms with E-state index in [1.807, 2.05) is 42.5 Å². The molecule has 42 heavy (non-hydrogen) atoms. The van der Waals surface area contributed by atoms with Crippen LogP contribution in [0.15, 0.2) is 79.0 Å². The average Bonchev–Trinajstić information content (AvgIpc) is 3.50. The van der Waals surface area contributed by atoms with Gasteiger partial charge in [0, 0.05) is 60.3 Å². The van der Waals surface area contributed by atoms with E-state index in [-0.39, 0.29) is 11.7 Å². The molecule has 2 saturated heterocycles. The number of ketones is 1. The SMILES string of the molecule is CCc1cccc2c(C(=O)NCc3ccccc3)cn(CCCN3[C@@H]4CC[C@H]3C[C@@H](CC(=O)c3ccc(Cl)cc3)C4)c12. The zero-order chi connectivity index (χ0) is 29.1. The fourth-order valence-corrected chi connectivity index (χ4v) is 7.44. The number of aromatic nitrogens is 1. The summed E-state index contributed by atoms with van der Waals surface area (Å²) >= 11 is 6.01. The van der Waals surface area contributed by atoms with Crippen LogP contribution in [0.4, 0.5) is 0 Å². The lowest BCUT2D eigenvalue weighted by molar-refractivity contribution is 0.0807. The van der Waals surface area contributed by atoms with Crippen LogP contribution < -0.4 is 5.32 Å². The maximum absolute atomic E-state index is 13.3. The predicted molar refractivity (Wildman–Crippen MR) is 170 cm³/mol. The molecule has 6 heteroatoms. The highest BCUT2D eigenvalue weighted by Crippen LogP contribution is 2.40. The first kappa shape index (κ1) is 28.7. The van der Waals surface area contributed by atoms with E-state index in [0.29, 0.717) is 36.0 Å². The Morgan fingerprint density at radius 3 is 2.36 bits per heavy atom. The van der Waals surface area contributed by atoms with E-state index < -0.39 is 0 Å². The first-order valence-electron chi connectivity index (χ1n) is 15.5. The molecule has 1 aromatic heterocycles. The maximum atomic E-state index is 13.3. The van der Waals surface area contributed by atoms with Gasteiger partial charge in [-0.2, -0.15) is 0 Å². The van der Waals surface area contributed by atoms with Gasteiger partial charge in [0.1, 0.15) is 0 Å². The van der Waals surface area contributed by atoms with Crippen molar-refractivity contribution >= 4 is 34.2 Å². The van der Waals surface area contributed by atoms with E-state index in [2.05, 4.69) is 46.1 Å². The summed E-state index contributed by atoms with van der Waals surface area (Å²) in [7, 11) is 0.